The second-order valence-corrected chi connectivity index (χ2v) is 12.1. The first-order chi connectivity index (χ1) is 6.59. The molecule has 90 valence electrons. The van der Waals surface area contributed by atoms with E-state index in [0.717, 1.165) is 0 Å². The molecule has 2 radical (unpaired) electrons. The molecule has 6 nitrogen and oxygen atoms in total. The molecular formula is C6H14O6PbS2. The maximum absolute atomic E-state index is 11.1. The van der Waals surface area contributed by atoms with E-state index < -0.39 is 55.9 Å². The van der Waals surface area contributed by atoms with Gasteiger partial charge < -0.3 is 0 Å². The Morgan fingerprint density at radius 1 is 0.800 bits per heavy atom. The average Bonchev–Trinajstić information content (AvgIpc) is 2.02. The van der Waals surface area contributed by atoms with Crippen LogP contribution in [0.25, 0.3) is 0 Å². The van der Waals surface area contributed by atoms with Crippen LogP contribution in [0.2, 0.25) is 0 Å². The Bertz CT molecular complexity index is 344. The van der Waals surface area contributed by atoms with Crippen molar-refractivity contribution in [3.05, 3.63) is 0 Å². The first kappa shape index (κ1) is 15.7. The van der Waals surface area contributed by atoms with Crippen LogP contribution in [0.4, 0.5) is 0 Å². The molecule has 0 spiro atoms. The first-order valence-corrected chi connectivity index (χ1v) is 10.3. The van der Waals surface area contributed by atoms with Crippen LogP contribution in [0, 0.1) is 0 Å². The molecule has 0 aliphatic heterocycles. The van der Waals surface area contributed by atoms with Crippen LogP contribution < -0.4 is 0 Å². The fourth-order valence-corrected chi connectivity index (χ4v) is 8.66. The quantitative estimate of drug-likeness (QED) is 0.528. The number of hydrogen-bond acceptors (Lipinski definition) is 6. The van der Waals surface area contributed by atoms with Crippen LogP contribution in [0.3, 0.4) is 0 Å². The molecule has 0 saturated carbocycles. The maximum atomic E-state index is 11.1. The predicted molar refractivity (Wildman–Crippen MR) is 56.0 cm³/mol. The van der Waals surface area contributed by atoms with Gasteiger partial charge in [-0.05, 0) is 0 Å². The summed E-state index contributed by atoms with van der Waals surface area (Å²) < 4.78 is 53.6. The van der Waals surface area contributed by atoms with Crippen molar-refractivity contribution >= 4 is 45.4 Å². The molecule has 0 rings (SSSR count). The molecule has 0 N–H and O–H groups in total. The van der Waals surface area contributed by atoms with Crippen molar-refractivity contribution in [2.24, 2.45) is 0 Å². The fraction of sp³-hybridized carbons (Fsp3) is 1.00. The SMILES string of the molecule is CC(C)S(=O)(=O)[O][Pb][O]S(=O)(=O)C(C)C. The summed E-state index contributed by atoms with van der Waals surface area (Å²) in [5.74, 6) is 0. The van der Waals surface area contributed by atoms with Gasteiger partial charge in [0.05, 0.1) is 0 Å². The van der Waals surface area contributed by atoms with Gasteiger partial charge in [0.15, 0.2) is 0 Å². The summed E-state index contributed by atoms with van der Waals surface area (Å²) in [5.41, 5.74) is 0. The number of hydrogen-bond donors (Lipinski definition) is 0. The third-order valence-corrected chi connectivity index (χ3v) is 11.4. The van der Waals surface area contributed by atoms with Crippen molar-refractivity contribution in [1.82, 2.24) is 0 Å². The van der Waals surface area contributed by atoms with Gasteiger partial charge >= 0.3 is 105 Å². The second kappa shape index (κ2) is 5.89. The Morgan fingerprint density at radius 2 is 1.07 bits per heavy atom. The fourth-order valence-electron chi connectivity index (χ4n) is 0.301. The molecular weight excluding hydrogens is 439 g/mol. The molecule has 0 fully saturated rings. The summed E-state index contributed by atoms with van der Waals surface area (Å²) >= 11 is -2.56. The van der Waals surface area contributed by atoms with Crippen LogP contribution in [0.5, 0.6) is 0 Å². The zero-order valence-electron chi connectivity index (χ0n) is 8.92. The molecule has 0 atom stereocenters. The van der Waals surface area contributed by atoms with Crippen molar-refractivity contribution in [2.75, 3.05) is 0 Å². The third kappa shape index (κ3) is 5.56. The molecule has 0 aliphatic rings. The summed E-state index contributed by atoms with van der Waals surface area (Å²) in [7, 11) is -7.30. The van der Waals surface area contributed by atoms with E-state index in [-0.39, 0.29) is 0 Å². The molecule has 0 unspecified atom stereocenters. The van der Waals surface area contributed by atoms with Crippen LogP contribution in [-0.4, -0.2) is 52.5 Å². The van der Waals surface area contributed by atoms with E-state index in [1.54, 1.807) is 0 Å². The van der Waals surface area contributed by atoms with Crippen molar-refractivity contribution in [2.45, 2.75) is 38.2 Å². The van der Waals surface area contributed by atoms with Gasteiger partial charge in [-0.15, -0.1) is 0 Å². The first-order valence-electron chi connectivity index (χ1n) is 4.19. The van der Waals surface area contributed by atoms with E-state index in [4.69, 9.17) is 0 Å². The normalized spacial score (nSPS) is 13.7. The molecule has 0 heterocycles. The molecule has 0 amide bonds. The van der Waals surface area contributed by atoms with Gasteiger partial charge in [-0.25, -0.2) is 0 Å². The van der Waals surface area contributed by atoms with Gasteiger partial charge in [-0.1, -0.05) is 0 Å². The van der Waals surface area contributed by atoms with Crippen molar-refractivity contribution in [1.29, 1.82) is 0 Å². The molecule has 0 aromatic rings. The topological polar surface area (TPSA) is 86.7 Å². The minimum atomic E-state index is -3.65. The van der Waals surface area contributed by atoms with Gasteiger partial charge in [0.25, 0.3) is 0 Å². The van der Waals surface area contributed by atoms with Crippen LogP contribution in [0.15, 0.2) is 0 Å². The van der Waals surface area contributed by atoms with Gasteiger partial charge in [0.1, 0.15) is 0 Å². The molecule has 0 bridgehead atoms. The van der Waals surface area contributed by atoms with Crippen molar-refractivity contribution < 1.29 is 21.1 Å². The van der Waals surface area contributed by atoms with Crippen LogP contribution >= 0.6 is 0 Å². The molecule has 15 heavy (non-hydrogen) atoms. The van der Waals surface area contributed by atoms with Crippen molar-refractivity contribution in [3.8, 4) is 0 Å². The summed E-state index contributed by atoms with van der Waals surface area (Å²) in [6, 6.07) is 0. The van der Waals surface area contributed by atoms with E-state index in [0.29, 0.717) is 0 Å². The summed E-state index contributed by atoms with van der Waals surface area (Å²) in [6.45, 7) is 5.82. The molecule has 9 heteroatoms. The summed E-state index contributed by atoms with van der Waals surface area (Å²) in [4.78, 5) is 0. The summed E-state index contributed by atoms with van der Waals surface area (Å²) in [6.07, 6.45) is 0. The van der Waals surface area contributed by atoms with Crippen LogP contribution in [0.1, 0.15) is 27.7 Å². The monoisotopic (exact) mass is 454 g/mol. The minimum absolute atomic E-state index is 0.685. The predicted octanol–water partition coefficient (Wildman–Crippen LogP) is 0.0302. The molecule has 0 aromatic heterocycles. The Balaban J connectivity index is 4.25. The van der Waals surface area contributed by atoms with E-state index in [1.807, 2.05) is 0 Å². The van der Waals surface area contributed by atoms with Gasteiger partial charge in [0, 0.05) is 0 Å². The van der Waals surface area contributed by atoms with Crippen LogP contribution in [-0.2, 0) is 24.5 Å². The van der Waals surface area contributed by atoms with Gasteiger partial charge in [-0.2, -0.15) is 0 Å². The second-order valence-electron chi connectivity index (χ2n) is 3.33. The Morgan fingerprint density at radius 3 is 1.27 bits per heavy atom. The molecule has 0 aromatic carbocycles. The third-order valence-electron chi connectivity index (χ3n) is 1.46. The standard InChI is InChI=1S/2C3H8O3S.Pb/c2*1-3(2)7(4,5)6;/h2*3H,1-2H3,(H,4,5,6);/q;;+2/p-2. The van der Waals surface area contributed by atoms with E-state index >= 15 is 0 Å². The Kier molecular flexibility index (Phi) is 6.18. The average molecular weight is 454 g/mol. The Hall–Kier alpha value is 0.742. The summed E-state index contributed by atoms with van der Waals surface area (Å²) in [5, 5.41) is -1.37. The van der Waals surface area contributed by atoms with E-state index in [9.17, 15) is 16.8 Å². The zero-order chi connectivity index (χ0) is 12.3. The number of rotatable bonds is 6. The zero-order valence-corrected chi connectivity index (χ0v) is 14.4. The molecule has 0 saturated heterocycles. The van der Waals surface area contributed by atoms with Gasteiger partial charge in [-0.3, -0.25) is 0 Å². The molecule has 0 aliphatic carbocycles. The van der Waals surface area contributed by atoms with Gasteiger partial charge in [0.2, 0.25) is 0 Å². The van der Waals surface area contributed by atoms with E-state index in [2.05, 4.69) is 4.27 Å². The van der Waals surface area contributed by atoms with E-state index in [1.165, 1.54) is 27.7 Å². The Labute approximate surface area is 104 Å². The van der Waals surface area contributed by atoms with Crippen molar-refractivity contribution in [3.63, 3.8) is 0 Å².